The molecule has 0 aliphatic rings. The molecule has 0 aliphatic heterocycles. The van der Waals surface area contributed by atoms with E-state index in [9.17, 15) is 9.00 Å². The first kappa shape index (κ1) is 16.3. The van der Waals surface area contributed by atoms with Crippen LogP contribution in [0, 0.1) is 0 Å². The number of halogens is 1. The number of nitrogens with zero attached hydrogens (tertiary/aromatic N) is 1. The Labute approximate surface area is 122 Å². The number of hydrogen-bond acceptors (Lipinski definition) is 3. The average molecular weight is 348 g/mol. The van der Waals surface area contributed by atoms with Gasteiger partial charge in [0, 0.05) is 24.3 Å². The zero-order chi connectivity index (χ0) is 14.5. The molecule has 0 aromatic heterocycles. The normalized spacial score (nSPS) is 15.6. The van der Waals surface area contributed by atoms with Crippen LogP contribution in [-0.2, 0) is 19.3 Å². The maximum atomic E-state index is 12.5. The van der Waals surface area contributed by atoms with Crippen LogP contribution in [0.25, 0.3) is 0 Å². The first-order valence-corrected chi connectivity index (χ1v) is 8.61. The van der Waals surface area contributed by atoms with Crippen LogP contribution in [0.5, 0.6) is 0 Å². The third-order valence-corrected chi connectivity index (χ3v) is 5.37. The van der Waals surface area contributed by atoms with E-state index >= 15 is 0 Å². The molecule has 2 unspecified atom stereocenters. The van der Waals surface area contributed by atoms with E-state index in [1.54, 1.807) is 25.3 Å². The van der Waals surface area contributed by atoms with Gasteiger partial charge in [-0.25, -0.2) is 4.21 Å². The molecule has 2 atom stereocenters. The number of rotatable bonds is 5. The smallest absolute Gasteiger partial charge is 0.254 e. The van der Waals surface area contributed by atoms with E-state index in [0.717, 1.165) is 0 Å². The van der Waals surface area contributed by atoms with E-state index < -0.39 is 9.73 Å². The van der Waals surface area contributed by atoms with Gasteiger partial charge < -0.3 is 4.74 Å². The Morgan fingerprint density at radius 3 is 2.68 bits per heavy atom. The molecule has 0 spiro atoms. The SMILES string of the molecule is COC(C)CCC(=O)N=S(C)(=O)c1ccccc1Br. The summed E-state index contributed by atoms with van der Waals surface area (Å²) in [6.07, 6.45) is 2.29. The highest BCUT2D eigenvalue weighted by molar-refractivity contribution is 9.10. The Hall–Kier alpha value is -0.720. The summed E-state index contributed by atoms with van der Waals surface area (Å²) >= 11 is 3.32. The molecule has 1 rings (SSSR count). The zero-order valence-corrected chi connectivity index (χ0v) is 13.7. The van der Waals surface area contributed by atoms with Crippen molar-refractivity contribution in [2.45, 2.75) is 30.8 Å². The molecule has 6 heteroatoms. The fourth-order valence-corrected chi connectivity index (χ4v) is 4.01. The van der Waals surface area contributed by atoms with Crippen LogP contribution in [0.3, 0.4) is 0 Å². The highest BCUT2D eigenvalue weighted by Crippen LogP contribution is 2.22. The van der Waals surface area contributed by atoms with Crippen LogP contribution in [0.4, 0.5) is 0 Å². The average Bonchev–Trinajstić information content (AvgIpc) is 2.35. The Balaban J connectivity index is 2.88. The molecule has 19 heavy (non-hydrogen) atoms. The molecule has 0 bridgehead atoms. The lowest BCUT2D eigenvalue weighted by atomic mass is 10.2. The summed E-state index contributed by atoms with van der Waals surface area (Å²) in [5, 5.41) is 0. The van der Waals surface area contributed by atoms with Crippen molar-refractivity contribution in [3.63, 3.8) is 0 Å². The second-order valence-electron chi connectivity index (χ2n) is 4.30. The van der Waals surface area contributed by atoms with Crippen LogP contribution < -0.4 is 0 Å². The van der Waals surface area contributed by atoms with Gasteiger partial charge in [-0.2, -0.15) is 4.36 Å². The molecule has 0 aliphatic carbocycles. The topological polar surface area (TPSA) is 55.7 Å². The van der Waals surface area contributed by atoms with Crippen molar-refractivity contribution in [3.05, 3.63) is 28.7 Å². The van der Waals surface area contributed by atoms with E-state index in [1.807, 2.05) is 13.0 Å². The van der Waals surface area contributed by atoms with E-state index in [4.69, 9.17) is 4.74 Å². The molecule has 0 N–H and O–H groups in total. The predicted octanol–water partition coefficient (Wildman–Crippen LogP) is 3.25. The van der Waals surface area contributed by atoms with Gasteiger partial charge in [0.25, 0.3) is 5.91 Å². The molecule has 106 valence electrons. The first-order chi connectivity index (χ1) is 8.86. The number of ether oxygens (including phenoxy) is 1. The quantitative estimate of drug-likeness (QED) is 0.821. The Morgan fingerprint density at radius 2 is 2.11 bits per heavy atom. The molecular formula is C13H18BrNO3S. The van der Waals surface area contributed by atoms with Crippen molar-refractivity contribution >= 4 is 31.6 Å². The van der Waals surface area contributed by atoms with Crippen LogP contribution in [0.15, 0.2) is 38.0 Å². The van der Waals surface area contributed by atoms with Crippen LogP contribution >= 0.6 is 15.9 Å². The van der Waals surface area contributed by atoms with Crippen molar-refractivity contribution in [2.75, 3.05) is 13.4 Å². The predicted molar refractivity (Wildman–Crippen MR) is 79.6 cm³/mol. The molecule has 1 aromatic rings. The van der Waals surface area contributed by atoms with Gasteiger partial charge in [-0.05, 0) is 41.4 Å². The van der Waals surface area contributed by atoms with Crippen molar-refractivity contribution in [3.8, 4) is 0 Å². The number of methoxy groups -OCH3 is 1. The van der Waals surface area contributed by atoms with E-state index in [2.05, 4.69) is 20.3 Å². The number of benzene rings is 1. The van der Waals surface area contributed by atoms with Crippen molar-refractivity contribution in [1.29, 1.82) is 0 Å². The largest absolute Gasteiger partial charge is 0.382 e. The van der Waals surface area contributed by atoms with Crippen molar-refractivity contribution in [1.82, 2.24) is 0 Å². The fourth-order valence-electron chi connectivity index (χ4n) is 1.49. The molecule has 4 nitrogen and oxygen atoms in total. The number of carbonyl (C=O) groups is 1. The van der Waals surface area contributed by atoms with Crippen molar-refractivity contribution < 1.29 is 13.7 Å². The molecule has 0 fully saturated rings. The summed E-state index contributed by atoms with van der Waals surface area (Å²) in [5.74, 6) is -0.354. The third-order valence-electron chi connectivity index (χ3n) is 2.69. The van der Waals surface area contributed by atoms with Gasteiger partial charge in [-0.15, -0.1) is 0 Å². The summed E-state index contributed by atoms with van der Waals surface area (Å²) in [6.45, 7) is 1.88. The number of hydrogen-bond donors (Lipinski definition) is 0. The summed E-state index contributed by atoms with van der Waals surface area (Å²) in [7, 11) is -1.11. The summed E-state index contributed by atoms with van der Waals surface area (Å²) in [5.41, 5.74) is 0. The molecular weight excluding hydrogens is 330 g/mol. The number of amides is 1. The fraction of sp³-hybridized carbons (Fsp3) is 0.462. The summed E-state index contributed by atoms with van der Waals surface area (Å²) in [4.78, 5) is 12.3. The first-order valence-electron chi connectivity index (χ1n) is 5.89. The van der Waals surface area contributed by atoms with Crippen molar-refractivity contribution in [2.24, 2.45) is 4.36 Å². The lowest BCUT2D eigenvalue weighted by Crippen LogP contribution is -2.09. The second kappa shape index (κ2) is 7.17. The van der Waals surface area contributed by atoms with Gasteiger partial charge in [0.2, 0.25) is 0 Å². The second-order valence-corrected chi connectivity index (χ2v) is 7.38. The van der Waals surface area contributed by atoms with Crippen LogP contribution in [-0.4, -0.2) is 29.6 Å². The monoisotopic (exact) mass is 347 g/mol. The van der Waals surface area contributed by atoms with Gasteiger partial charge in [-0.1, -0.05) is 12.1 Å². The van der Waals surface area contributed by atoms with Gasteiger partial charge in [0.05, 0.1) is 20.7 Å². The lowest BCUT2D eigenvalue weighted by molar-refractivity contribution is -0.118. The van der Waals surface area contributed by atoms with Crippen LogP contribution in [0.2, 0.25) is 0 Å². The highest BCUT2D eigenvalue weighted by Gasteiger charge is 2.13. The maximum Gasteiger partial charge on any atom is 0.254 e. The van der Waals surface area contributed by atoms with Gasteiger partial charge in [0.1, 0.15) is 0 Å². The van der Waals surface area contributed by atoms with Crippen LogP contribution in [0.1, 0.15) is 19.8 Å². The van der Waals surface area contributed by atoms with E-state index in [1.165, 1.54) is 6.26 Å². The van der Waals surface area contributed by atoms with E-state index in [-0.39, 0.29) is 18.4 Å². The number of carbonyl (C=O) groups excluding carboxylic acids is 1. The molecule has 0 heterocycles. The molecule has 1 amide bonds. The Morgan fingerprint density at radius 1 is 1.47 bits per heavy atom. The van der Waals surface area contributed by atoms with Gasteiger partial charge in [0.15, 0.2) is 0 Å². The molecule has 0 saturated heterocycles. The highest BCUT2D eigenvalue weighted by atomic mass is 79.9. The molecule has 1 aromatic carbocycles. The Kier molecular flexibility index (Phi) is 6.16. The summed E-state index contributed by atoms with van der Waals surface area (Å²) < 4.78 is 22.1. The lowest BCUT2D eigenvalue weighted by Gasteiger charge is -2.08. The third kappa shape index (κ3) is 5.04. The maximum absolute atomic E-state index is 12.5. The molecule has 0 radical (unpaired) electrons. The van der Waals surface area contributed by atoms with Gasteiger partial charge in [-0.3, -0.25) is 4.79 Å². The Bertz CT molecular complexity index is 565. The molecule has 0 saturated carbocycles. The minimum absolute atomic E-state index is 0.00415. The van der Waals surface area contributed by atoms with Gasteiger partial charge >= 0.3 is 0 Å². The zero-order valence-electron chi connectivity index (χ0n) is 11.3. The summed E-state index contributed by atoms with van der Waals surface area (Å²) in [6, 6.07) is 7.09. The van der Waals surface area contributed by atoms with E-state index in [0.29, 0.717) is 15.8 Å². The minimum atomic E-state index is -2.71. The minimum Gasteiger partial charge on any atom is -0.382 e. The standard InChI is InChI=1S/C13H18BrNO3S/c1-10(18-2)8-9-13(16)15-19(3,17)12-7-5-4-6-11(12)14/h4-7,10H,8-9H2,1-3H3.